The van der Waals surface area contributed by atoms with Gasteiger partial charge in [0.15, 0.2) is 0 Å². The number of allylic oxidation sites excluding steroid dienone is 1. The summed E-state index contributed by atoms with van der Waals surface area (Å²) in [7, 11) is 0. The lowest BCUT2D eigenvalue weighted by molar-refractivity contribution is 0.312. The molecule has 3 aromatic rings. The molecule has 0 heterocycles. The van der Waals surface area contributed by atoms with E-state index in [0.717, 1.165) is 18.3 Å². The molecule has 1 saturated carbocycles. The maximum Gasteiger partial charge on any atom is -0.0162 e. The smallest absolute Gasteiger partial charge is 0.0162 e. The summed E-state index contributed by atoms with van der Waals surface area (Å²) in [6.07, 6.45) is 11.1. The average Bonchev–Trinajstić information content (AvgIpc) is 2.77. The van der Waals surface area contributed by atoms with Crippen LogP contribution in [0.15, 0.2) is 73.3 Å². The van der Waals surface area contributed by atoms with Crippen LogP contribution in [-0.4, -0.2) is 0 Å². The van der Waals surface area contributed by atoms with Gasteiger partial charge in [-0.3, -0.25) is 0 Å². The number of rotatable bonds is 6. The molecule has 0 radical (unpaired) electrons. The van der Waals surface area contributed by atoms with Crippen molar-refractivity contribution in [1.82, 2.24) is 0 Å². The van der Waals surface area contributed by atoms with Gasteiger partial charge in [0.05, 0.1) is 0 Å². The third-order valence-corrected chi connectivity index (χ3v) is 6.65. The summed E-state index contributed by atoms with van der Waals surface area (Å²) in [4.78, 5) is 0. The predicted molar refractivity (Wildman–Crippen MR) is 123 cm³/mol. The second-order valence-electron chi connectivity index (χ2n) is 8.46. The van der Waals surface area contributed by atoms with E-state index in [4.69, 9.17) is 0 Å². The first-order valence-corrected chi connectivity index (χ1v) is 11.0. The highest BCUT2D eigenvalue weighted by molar-refractivity contribution is 5.87. The molecule has 0 nitrogen and oxygen atoms in total. The van der Waals surface area contributed by atoms with Crippen molar-refractivity contribution in [1.29, 1.82) is 0 Å². The van der Waals surface area contributed by atoms with Crippen molar-refractivity contribution in [2.75, 3.05) is 0 Å². The topological polar surface area (TPSA) is 0 Å². The number of hydrogen-bond acceptors (Lipinski definition) is 0. The van der Waals surface area contributed by atoms with Gasteiger partial charge in [-0.1, -0.05) is 67.6 Å². The Bertz CT molecular complexity index is 924. The zero-order valence-electron chi connectivity index (χ0n) is 17.2. The quantitative estimate of drug-likeness (QED) is 0.384. The monoisotopic (exact) mass is 368 g/mol. The van der Waals surface area contributed by atoms with E-state index in [0.29, 0.717) is 0 Å². The van der Waals surface area contributed by atoms with Crippen LogP contribution in [0.4, 0.5) is 0 Å². The largest absolute Gasteiger partial charge is 0.103 e. The Labute approximate surface area is 170 Å². The number of fused-ring (bicyclic) bond motifs is 1. The fourth-order valence-electron chi connectivity index (χ4n) is 4.78. The molecule has 144 valence electrons. The van der Waals surface area contributed by atoms with Gasteiger partial charge in [0.25, 0.3) is 0 Å². The van der Waals surface area contributed by atoms with Crippen molar-refractivity contribution in [2.24, 2.45) is 5.92 Å². The highest BCUT2D eigenvalue weighted by Gasteiger charge is 2.21. The summed E-state index contributed by atoms with van der Waals surface area (Å²) >= 11 is 0. The molecule has 0 N–H and O–H groups in total. The summed E-state index contributed by atoms with van der Waals surface area (Å²) in [5.41, 5.74) is 5.57. The van der Waals surface area contributed by atoms with E-state index in [9.17, 15) is 0 Å². The SMILES string of the molecule is C=CCCC1CCC(c2ccc(-c3ccc4cc(CC)ccc4c3)cc2)CC1. The first-order chi connectivity index (χ1) is 13.8. The zero-order valence-corrected chi connectivity index (χ0v) is 17.2. The molecule has 0 aromatic heterocycles. The first kappa shape index (κ1) is 19.0. The Hall–Kier alpha value is -2.34. The summed E-state index contributed by atoms with van der Waals surface area (Å²) in [6.45, 7) is 6.08. The second kappa shape index (κ2) is 8.78. The Balaban J connectivity index is 1.46. The van der Waals surface area contributed by atoms with Crippen molar-refractivity contribution >= 4 is 10.8 Å². The molecule has 0 amide bonds. The summed E-state index contributed by atoms with van der Waals surface area (Å²) in [6, 6.07) is 23.1. The fourth-order valence-corrected chi connectivity index (χ4v) is 4.78. The number of hydrogen-bond donors (Lipinski definition) is 0. The van der Waals surface area contributed by atoms with Crippen molar-refractivity contribution in [3.8, 4) is 11.1 Å². The molecule has 3 aromatic carbocycles. The molecular weight excluding hydrogens is 336 g/mol. The van der Waals surface area contributed by atoms with Gasteiger partial charge in [-0.05, 0) is 95.9 Å². The van der Waals surface area contributed by atoms with Crippen LogP contribution in [0.1, 0.15) is 62.5 Å². The lowest BCUT2D eigenvalue weighted by Gasteiger charge is -2.28. The Morgan fingerprint density at radius 2 is 1.50 bits per heavy atom. The summed E-state index contributed by atoms with van der Waals surface area (Å²) in [5.74, 6) is 1.66. The van der Waals surface area contributed by atoms with Crippen LogP contribution < -0.4 is 0 Å². The molecule has 0 unspecified atom stereocenters. The van der Waals surface area contributed by atoms with E-state index in [1.165, 1.54) is 71.6 Å². The van der Waals surface area contributed by atoms with Gasteiger partial charge >= 0.3 is 0 Å². The van der Waals surface area contributed by atoms with Crippen LogP contribution in [0.25, 0.3) is 21.9 Å². The molecular formula is C28H32. The van der Waals surface area contributed by atoms with Gasteiger partial charge in [0.2, 0.25) is 0 Å². The summed E-state index contributed by atoms with van der Waals surface area (Å²) in [5, 5.41) is 2.67. The van der Waals surface area contributed by atoms with E-state index >= 15 is 0 Å². The Morgan fingerprint density at radius 3 is 2.21 bits per heavy atom. The first-order valence-electron chi connectivity index (χ1n) is 11.0. The minimum atomic E-state index is 0.748. The number of benzene rings is 3. The Morgan fingerprint density at radius 1 is 0.821 bits per heavy atom. The van der Waals surface area contributed by atoms with E-state index in [1.54, 1.807) is 0 Å². The van der Waals surface area contributed by atoms with Crippen molar-refractivity contribution in [3.05, 3.63) is 84.4 Å². The van der Waals surface area contributed by atoms with Crippen LogP contribution in [-0.2, 0) is 6.42 Å². The van der Waals surface area contributed by atoms with Gasteiger partial charge in [0, 0.05) is 0 Å². The predicted octanol–water partition coefficient (Wildman–Crippen LogP) is 8.31. The molecule has 28 heavy (non-hydrogen) atoms. The van der Waals surface area contributed by atoms with E-state index < -0.39 is 0 Å². The van der Waals surface area contributed by atoms with Crippen molar-refractivity contribution in [3.63, 3.8) is 0 Å². The van der Waals surface area contributed by atoms with E-state index in [-0.39, 0.29) is 0 Å². The molecule has 1 aliphatic carbocycles. The zero-order chi connectivity index (χ0) is 19.3. The molecule has 0 bridgehead atoms. The third kappa shape index (κ3) is 4.22. The maximum atomic E-state index is 3.87. The molecule has 1 aliphatic rings. The molecule has 4 rings (SSSR count). The van der Waals surface area contributed by atoms with Crippen LogP contribution in [0.2, 0.25) is 0 Å². The highest BCUT2D eigenvalue weighted by Crippen LogP contribution is 2.38. The van der Waals surface area contributed by atoms with Gasteiger partial charge in [-0.25, -0.2) is 0 Å². The molecule has 0 spiro atoms. The van der Waals surface area contributed by atoms with E-state index in [1.807, 2.05) is 0 Å². The van der Waals surface area contributed by atoms with Crippen molar-refractivity contribution < 1.29 is 0 Å². The minimum Gasteiger partial charge on any atom is -0.103 e. The molecule has 0 aliphatic heterocycles. The van der Waals surface area contributed by atoms with Crippen LogP contribution in [0.3, 0.4) is 0 Å². The minimum absolute atomic E-state index is 0.748. The third-order valence-electron chi connectivity index (χ3n) is 6.65. The molecule has 0 saturated heterocycles. The normalized spacial score (nSPS) is 19.6. The van der Waals surface area contributed by atoms with Gasteiger partial charge in [0.1, 0.15) is 0 Å². The van der Waals surface area contributed by atoms with Crippen LogP contribution in [0, 0.1) is 5.92 Å². The summed E-state index contributed by atoms with van der Waals surface area (Å²) < 4.78 is 0. The molecule has 0 heteroatoms. The molecule has 0 atom stereocenters. The standard InChI is InChI=1S/C28H32/c1-3-5-6-22-8-10-23(11-9-22)24-13-15-25(16-14-24)27-18-17-26-19-21(4-2)7-12-28(26)20-27/h3,7,12-20,22-23H,1,4-6,8-11H2,2H3. The van der Waals surface area contributed by atoms with Gasteiger partial charge in [-0.2, -0.15) is 0 Å². The van der Waals surface area contributed by atoms with Gasteiger partial charge < -0.3 is 0 Å². The van der Waals surface area contributed by atoms with Crippen molar-refractivity contribution in [2.45, 2.75) is 57.8 Å². The highest BCUT2D eigenvalue weighted by atomic mass is 14.3. The fraction of sp³-hybridized carbons (Fsp3) is 0.357. The van der Waals surface area contributed by atoms with E-state index in [2.05, 4.69) is 80.2 Å². The average molecular weight is 369 g/mol. The number of aryl methyl sites for hydroxylation is 1. The van der Waals surface area contributed by atoms with Crippen LogP contribution in [0.5, 0.6) is 0 Å². The van der Waals surface area contributed by atoms with Gasteiger partial charge in [-0.15, -0.1) is 6.58 Å². The lowest BCUT2D eigenvalue weighted by atomic mass is 9.77. The van der Waals surface area contributed by atoms with Crippen LogP contribution >= 0.6 is 0 Å². The molecule has 1 fully saturated rings. The lowest BCUT2D eigenvalue weighted by Crippen LogP contribution is -2.13. The Kier molecular flexibility index (Phi) is 5.95. The second-order valence-corrected chi connectivity index (χ2v) is 8.46. The maximum absolute atomic E-state index is 3.87.